The molecule has 2 aromatic rings. The van der Waals surface area contributed by atoms with E-state index in [2.05, 4.69) is 0 Å². The lowest BCUT2D eigenvalue weighted by Crippen LogP contribution is -2.50. The standard InChI is InChI=1S/C23H27ClN2O5/c1-29-18-7-4-16(5-8-18)6-9-21(27)25-10-12-26(13-11-25)23(28)17-14-19(24)22(31-3)20(15-17)30-2/h4-5,7-8,14-15H,6,9-13H2,1-3H3. The molecule has 1 saturated heterocycles. The van der Waals surface area contributed by atoms with E-state index in [0.717, 1.165) is 11.3 Å². The Balaban J connectivity index is 1.54. The van der Waals surface area contributed by atoms with Crippen LogP contribution in [0.4, 0.5) is 0 Å². The van der Waals surface area contributed by atoms with Crippen LogP contribution in [0.1, 0.15) is 22.3 Å². The fraction of sp³-hybridized carbons (Fsp3) is 0.391. The molecule has 3 rings (SSSR count). The lowest BCUT2D eigenvalue weighted by molar-refractivity contribution is -0.132. The lowest BCUT2D eigenvalue weighted by Gasteiger charge is -2.35. The van der Waals surface area contributed by atoms with E-state index in [1.807, 2.05) is 29.2 Å². The summed E-state index contributed by atoms with van der Waals surface area (Å²) in [5.74, 6) is 1.55. The number of benzene rings is 2. The highest BCUT2D eigenvalue weighted by atomic mass is 35.5. The van der Waals surface area contributed by atoms with E-state index in [9.17, 15) is 9.59 Å². The molecule has 2 aromatic carbocycles. The van der Waals surface area contributed by atoms with Gasteiger partial charge in [-0.05, 0) is 36.2 Å². The van der Waals surface area contributed by atoms with Gasteiger partial charge in [0.2, 0.25) is 5.91 Å². The number of hydrogen-bond donors (Lipinski definition) is 0. The molecule has 0 unspecified atom stereocenters. The van der Waals surface area contributed by atoms with Gasteiger partial charge in [0, 0.05) is 38.2 Å². The number of nitrogens with zero attached hydrogens (tertiary/aromatic N) is 2. The molecule has 0 N–H and O–H groups in total. The molecule has 1 aliphatic rings. The van der Waals surface area contributed by atoms with Gasteiger partial charge in [0.25, 0.3) is 5.91 Å². The number of carbonyl (C=O) groups is 2. The Morgan fingerprint density at radius 2 is 1.55 bits per heavy atom. The highest BCUT2D eigenvalue weighted by Gasteiger charge is 2.26. The predicted molar refractivity (Wildman–Crippen MR) is 118 cm³/mol. The number of rotatable bonds is 7. The first kappa shape index (κ1) is 22.7. The average molecular weight is 447 g/mol. The third kappa shape index (κ3) is 5.41. The molecule has 1 heterocycles. The van der Waals surface area contributed by atoms with Crippen LogP contribution in [0.2, 0.25) is 5.02 Å². The molecule has 0 aromatic heterocycles. The Hall–Kier alpha value is -2.93. The van der Waals surface area contributed by atoms with Gasteiger partial charge < -0.3 is 24.0 Å². The Morgan fingerprint density at radius 3 is 2.13 bits per heavy atom. The number of piperazine rings is 1. The Morgan fingerprint density at radius 1 is 0.903 bits per heavy atom. The number of hydrogen-bond acceptors (Lipinski definition) is 5. The van der Waals surface area contributed by atoms with Crippen molar-refractivity contribution in [3.8, 4) is 17.2 Å². The van der Waals surface area contributed by atoms with Crippen LogP contribution in [-0.4, -0.2) is 69.1 Å². The van der Waals surface area contributed by atoms with Gasteiger partial charge in [-0.1, -0.05) is 23.7 Å². The van der Waals surface area contributed by atoms with Crippen LogP contribution >= 0.6 is 11.6 Å². The summed E-state index contributed by atoms with van der Waals surface area (Å²) in [5.41, 5.74) is 1.52. The van der Waals surface area contributed by atoms with E-state index in [-0.39, 0.29) is 11.8 Å². The molecule has 0 atom stereocenters. The maximum absolute atomic E-state index is 12.9. The first-order valence-corrected chi connectivity index (χ1v) is 10.5. The minimum Gasteiger partial charge on any atom is -0.497 e. The highest BCUT2D eigenvalue weighted by molar-refractivity contribution is 6.32. The summed E-state index contributed by atoms with van der Waals surface area (Å²) in [4.78, 5) is 29.0. The van der Waals surface area contributed by atoms with Crippen LogP contribution in [0.5, 0.6) is 17.2 Å². The number of carbonyl (C=O) groups excluding carboxylic acids is 2. The van der Waals surface area contributed by atoms with E-state index < -0.39 is 0 Å². The largest absolute Gasteiger partial charge is 0.497 e. The molecule has 0 radical (unpaired) electrons. The quantitative estimate of drug-likeness (QED) is 0.652. The van der Waals surface area contributed by atoms with Crippen molar-refractivity contribution in [3.05, 3.63) is 52.5 Å². The van der Waals surface area contributed by atoms with Crippen LogP contribution in [0.15, 0.2) is 36.4 Å². The van der Waals surface area contributed by atoms with Gasteiger partial charge >= 0.3 is 0 Å². The third-order valence-corrected chi connectivity index (χ3v) is 5.67. The number of aryl methyl sites for hydroxylation is 1. The van der Waals surface area contributed by atoms with Crippen molar-refractivity contribution in [3.63, 3.8) is 0 Å². The zero-order valence-electron chi connectivity index (χ0n) is 18.0. The molecule has 1 fully saturated rings. The number of ether oxygens (including phenoxy) is 3. The summed E-state index contributed by atoms with van der Waals surface area (Å²) in [6, 6.07) is 10.9. The fourth-order valence-electron chi connectivity index (χ4n) is 3.58. The molecule has 0 aliphatic carbocycles. The SMILES string of the molecule is COc1ccc(CCC(=O)N2CCN(C(=O)c3cc(Cl)c(OC)c(OC)c3)CC2)cc1. The van der Waals surface area contributed by atoms with Crippen molar-refractivity contribution in [2.45, 2.75) is 12.8 Å². The Labute approximate surface area is 187 Å². The maximum atomic E-state index is 12.9. The first-order valence-electron chi connectivity index (χ1n) is 10.1. The number of halogens is 1. The van der Waals surface area contributed by atoms with Crippen molar-refractivity contribution in [1.29, 1.82) is 0 Å². The van der Waals surface area contributed by atoms with Gasteiger partial charge in [0.15, 0.2) is 11.5 Å². The summed E-state index contributed by atoms with van der Waals surface area (Å²) in [6.07, 6.45) is 1.11. The average Bonchev–Trinajstić information content (AvgIpc) is 2.81. The zero-order valence-corrected chi connectivity index (χ0v) is 18.8. The van der Waals surface area contributed by atoms with Gasteiger partial charge in [-0.3, -0.25) is 9.59 Å². The summed E-state index contributed by atoms with van der Waals surface area (Å²) in [5, 5.41) is 0.317. The summed E-state index contributed by atoms with van der Waals surface area (Å²) in [7, 11) is 4.62. The second-order valence-electron chi connectivity index (χ2n) is 7.21. The van der Waals surface area contributed by atoms with Crippen LogP contribution in [0, 0.1) is 0 Å². The highest BCUT2D eigenvalue weighted by Crippen LogP contribution is 2.36. The summed E-state index contributed by atoms with van der Waals surface area (Å²) >= 11 is 6.23. The first-order chi connectivity index (χ1) is 15.0. The number of amides is 2. The molecule has 31 heavy (non-hydrogen) atoms. The Bertz CT molecular complexity index is 924. The van der Waals surface area contributed by atoms with Crippen LogP contribution < -0.4 is 14.2 Å². The van der Waals surface area contributed by atoms with E-state index >= 15 is 0 Å². The monoisotopic (exact) mass is 446 g/mol. The minimum atomic E-state index is -0.145. The van der Waals surface area contributed by atoms with Crippen molar-refractivity contribution >= 4 is 23.4 Å². The topological polar surface area (TPSA) is 68.3 Å². The zero-order chi connectivity index (χ0) is 22.4. The summed E-state index contributed by atoms with van der Waals surface area (Å²) < 4.78 is 15.7. The van der Waals surface area contributed by atoms with Crippen molar-refractivity contribution in [2.75, 3.05) is 47.5 Å². The van der Waals surface area contributed by atoms with Crippen LogP contribution in [0.25, 0.3) is 0 Å². The van der Waals surface area contributed by atoms with Gasteiger partial charge in [-0.25, -0.2) is 0 Å². The van der Waals surface area contributed by atoms with E-state index in [1.165, 1.54) is 14.2 Å². The second-order valence-corrected chi connectivity index (χ2v) is 7.62. The molecule has 0 bridgehead atoms. The molecule has 1 aliphatic heterocycles. The van der Waals surface area contributed by atoms with E-state index in [4.69, 9.17) is 25.8 Å². The van der Waals surface area contributed by atoms with Gasteiger partial charge in [0.1, 0.15) is 5.75 Å². The molecular weight excluding hydrogens is 420 g/mol. The predicted octanol–water partition coefficient (Wildman–Crippen LogP) is 3.28. The van der Waals surface area contributed by atoms with E-state index in [0.29, 0.717) is 61.1 Å². The molecule has 8 heteroatoms. The van der Waals surface area contributed by atoms with Gasteiger partial charge in [-0.2, -0.15) is 0 Å². The van der Waals surface area contributed by atoms with Crippen molar-refractivity contribution in [2.24, 2.45) is 0 Å². The van der Waals surface area contributed by atoms with Crippen LogP contribution in [-0.2, 0) is 11.2 Å². The van der Waals surface area contributed by atoms with Gasteiger partial charge in [-0.15, -0.1) is 0 Å². The van der Waals surface area contributed by atoms with Gasteiger partial charge in [0.05, 0.1) is 26.4 Å². The fourth-order valence-corrected chi connectivity index (χ4v) is 3.87. The molecule has 0 saturated carbocycles. The third-order valence-electron chi connectivity index (χ3n) is 5.39. The lowest BCUT2D eigenvalue weighted by atomic mass is 10.1. The molecule has 166 valence electrons. The smallest absolute Gasteiger partial charge is 0.254 e. The van der Waals surface area contributed by atoms with Crippen molar-refractivity contribution < 1.29 is 23.8 Å². The number of methoxy groups -OCH3 is 3. The Kier molecular flexibility index (Phi) is 7.63. The molecule has 2 amide bonds. The molecule has 7 nitrogen and oxygen atoms in total. The van der Waals surface area contributed by atoms with Crippen LogP contribution in [0.3, 0.4) is 0 Å². The minimum absolute atomic E-state index is 0.0945. The molecular formula is C23H27ClN2O5. The van der Waals surface area contributed by atoms with Crippen molar-refractivity contribution in [1.82, 2.24) is 9.80 Å². The van der Waals surface area contributed by atoms with E-state index in [1.54, 1.807) is 24.1 Å². The normalized spacial score (nSPS) is 13.7. The molecule has 0 spiro atoms. The second kappa shape index (κ2) is 10.4. The summed E-state index contributed by atoms with van der Waals surface area (Å²) in [6.45, 7) is 1.96. The maximum Gasteiger partial charge on any atom is 0.254 e.